The first kappa shape index (κ1) is 12.7. The van der Waals surface area contributed by atoms with Crippen LogP contribution in [0, 0.1) is 6.92 Å². The molecular weight excluding hydrogens is 272 g/mol. The lowest BCUT2D eigenvalue weighted by Gasteiger charge is -1.96. The van der Waals surface area contributed by atoms with E-state index in [4.69, 9.17) is 4.52 Å². The first-order valence-electron chi connectivity index (χ1n) is 6.18. The molecule has 0 bridgehead atoms. The van der Waals surface area contributed by atoms with Crippen LogP contribution in [0.5, 0.6) is 0 Å². The first-order chi connectivity index (χ1) is 9.74. The molecule has 0 spiro atoms. The Bertz CT molecular complexity index is 731. The van der Waals surface area contributed by atoms with E-state index in [-0.39, 0.29) is 12.2 Å². The molecule has 0 aliphatic carbocycles. The van der Waals surface area contributed by atoms with Crippen LogP contribution >= 0.6 is 11.3 Å². The molecule has 0 unspecified atom stereocenters. The molecule has 0 amide bonds. The van der Waals surface area contributed by atoms with E-state index < -0.39 is 0 Å². The Morgan fingerprint density at radius 2 is 2.05 bits per heavy atom. The molecule has 0 fully saturated rings. The molecule has 0 saturated heterocycles. The van der Waals surface area contributed by atoms with Gasteiger partial charge in [0.1, 0.15) is 0 Å². The Morgan fingerprint density at radius 3 is 2.75 bits per heavy atom. The summed E-state index contributed by atoms with van der Waals surface area (Å²) in [6.45, 7) is 2.00. The second kappa shape index (κ2) is 5.38. The summed E-state index contributed by atoms with van der Waals surface area (Å²) in [5.74, 6) is 0.863. The fourth-order valence-corrected chi connectivity index (χ4v) is 2.72. The number of Topliss-reactive ketones (excluding diaryl/α,β-unsaturated/α-hetero) is 1. The molecule has 2 heterocycles. The maximum Gasteiger partial charge on any atom is 0.234 e. The van der Waals surface area contributed by atoms with Gasteiger partial charge in [-0.15, -0.1) is 0 Å². The van der Waals surface area contributed by atoms with E-state index >= 15 is 0 Å². The number of aryl methyl sites for hydroxylation is 1. The third-order valence-corrected chi connectivity index (χ3v) is 3.83. The second-order valence-corrected chi connectivity index (χ2v) is 5.19. The van der Waals surface area contributed by atoms with Crippen molar-refractivity contribution >= 4 is 17.1 Å². The quantitative estimate of drug-likeness (QED) is 0.688. The SMILES string of the molecule is Cc1cscc1-c1noc(CC(=O)c2ccccc2)n1. The summed E-state index contributed by atoms with van der Waals surface area (Å²) < 4.78 is 5.16. The van der Waals surface area contributed by atoms with Crippen LogP contribution in [0.25, 0.3) is 11.4 Å². The summed E-state index contributed by atoms with van der Waals surface area (Å²) in [4.78, 5) is 16.3. The van der Waals surface area contributed by atoms with Crippen molar-refractivity contribution in [3.63, 3.8) is 0 Å². The summed E-state index contributed by atoms with van der Waals surface area (Å²) in [6, 6.07) is 9.11. The van der Waals surface area contributed by atoms with Gasteiger partial charge in [-0.05, 0) is 17.9 Å². The first-order valence-corrected chi connectivity index (χ1v) is 7.12. The molecule has 0 atom stereocenters. The normalized spacial score (nSPS) is 10.7. The van der Waals surface area contributed by atoms with Crippen molar-refractivity contribution in [3.8, 4) is 11.4 Å². The van der Waals surface area contributed by atoms with E-state index in [2.05, 4.69) is 10.1 Å². The molecule has 0 radical (unpaired) electrons. The maximum atomic E-state index is 12.1. The van der Waals surface area contributed by atoms with Crippen LogP contribution in [0.4, 0.5) is 0 Å². The predicted molar refractivity (Wildman–Crippen MR) is 76.8 cm³/mol. The monoisotopic (exact) mass is 284 g/mol. The summed E-state index contributed by atoms with van der Waals surface area (Å²) in [6.07, 6.45) is 0.125. The second-order valence-electron chi connectivity index (χ2n) is 4.45. The largest absolute Gasteiger partial charge is 0.338 e. The number of benzene rings is 1. The van der Waals surface area contributed by atoms with Crippen LogP contribution in [0.3, 0.4) is 0 Å². The Hall–Kier alpha value is -2.27. The summed E-state index contributed by atoms with van der Waals surface area (Å²) in [5, 5.41) is 7.94. The minimum Gasteiger partial charge on any atom is -0.338 e. The molecule has 1 aromatic carbocycles. The van der Waals surface area contributed by atoms with Gasteiger partial charge >= 0.3 is 0 Å². The molecule has 0 saturated carbocycles. The van der Waals surface area contributed by atoms with Crippen molar-refractivity contribution in [2.24, 2.45) is 0 Å². The minimum absolute atomic E-state index is 0.0251. The van der Waals surface area contributed by atoms with Gasteiger partial charge in [0.25, 0.3) is 0 Å². The van der Waals surface area contributed by atoms with E-state index in [0.29, 0.717) is 17.3 Å². The average molecular weight is 284 g/mol. The molecule has 3 rings (SSSR count). The maximum absolute atomic E-state index is 12.1. The molecule has 0 N–H and O–H groups in total. The van der Waals surface area contributed by atoms with Crippen molar-refractivity contribution < 1.29 is 9.32 Å². The Morgan fingerprint density at radius 1 is 1.25 bits per heavy atom. The highest BCUT2D eigenvalue weighted by Gasteiger charge is 2.15. The van der Waals surface area contributed by atoms with Crippen molar-refractivity contribution in [3.05, 3.63) is 58.1 Å². The fraction of sp³-hybridized carbons (Fsp3) is 0.133. The predicted octanol–water partition coefficient (Wildman–Crippen LogP) is 3.53. The number of thiophene rings is 1. The molecular formula is C15H12N2O2S. The number of carbonyl (C=O) groups is 1. The number of hydrogen-bond acceptors (Lipinski definition) is 5. The van der Waals surface area contributed by atoms with Gasteiger partial charge in [-0.25, -0.2) is 0 Å². The highest BCUT2D eigenvalue weighted by molar-refractivity contribution is 7.08. The molecule has 4 nitrogen and oxygen atoms in total. The van der Waals surface area contributed by atoms with E-state index in [0.717, 1.165) is 11.1 Å². The Balaban J connectivity index is 1.78. The molecule has 100 valence electrons. The van der Waals surface area contributed by atoms with Crippen molar-refractivity contribution in [2.75, 3.05) is 0 Å². The molecule has 5 heteroatoms. The van der Waals surface area contributed by atoms with Crippen LogP contribution in [-0.4, -0.2) is 15.9 Å². The lowest BCUT2D eigenvalue weighted by atomic mass is 10.1. The standard InChI is InChI=1S/C15H12N2O2S/c1-10-8-20-9-12(10)15-16-14(19-17-15)7-13(18)11-5-3-2-4-6-11/h2-6,8-9H,7H2,1H3. The van der Waals surface area contributed by atoms with Crippen molar-refractivity contribution in [1.82, 2.24) is 10.1 Å². The van der Waals surface area contributed by atoms with E-state index in [1.807, 2.05) is 35.9 Å². The van der Waals surface area contributed by atoms with Gasteiger partial charge in [0, 0.05) is 16.5 Å². The summed E-state index contributed by atoms with van der Waals surface area (Å²) in [5.41, 5.74) is 2.72. The van der Waals surface area contributed by atoms with Crippen LogP contribution in [0.2, 0.25) is 0 Å². The van der Waals surface area contributed by atoms with Crippen LogP contribution in [-0.2, 0) is 6.42 Å². The topological polar surface area (TPSA) is 56.0 Å². The third-order valence-electron chi connectivity index (χ3n) is 2.97. The minimum atomic E-state index is -0.0251. The zero-order chi connectivity index (χ0) is 13.9. The number of carbonyl (C=O) groups excluding carboxylic acids is 1. The number of hydrogen-bond donors (Lipinski definition) is 0. The van der Waals surface area contributed by atoms with E-state index in [9.17, 15) is 4.79 Å². The average Bonchev–Trinajstić information content (AvgIpc) is 3.08. The molecule has 2 aromatic heterocycles. The summed E-state index contributed by atoms with van der Waals surface area (Å²) in [7, 11) is 0. The van der Waals surface area contributed by atoms with Gasteiger partial charge in [0.15, 0.2) is 5.78 Å². The lowest BCUT2D eigenvalue weighted by Crippen LogP contribution is -2.03. The van der Waals surface area contributed by atoms with Gasteiger partial charge in [-0.2, -0.15) is 16.3 Å². The van der Waals surface area contributed by atoms with Gasteiger partial charge in [0.05, 0.1) is 6.42 Å². The van der Waals surface area contributed by atoms with Gasteiger partial charge in [0.2, 0.25) is 11.7 Å². The summed E-state index contributed by atoms with van der Waals surface area (Å²) >= 11 is 1.59. The van der Waals surface area contributed by atoms with Gasteiger partial charge < -0.3 is 4.52 Å². The van der Waals surface area contributed by atoms with Crippen molar-refractivity contribution in [2.45, 2.75) is 13.3 Å². The number of aromatic nitrogens is 2. The van der Waals surface area contributed by atoms with Gasteiger partial charge in [-0.1, -0.05) is 35.5 Å². The smallest absolute Gasteiger partial charge is 0.234 e. The van der Waals surface area contributed by atoms with Gasteiger partial charge in [-0.3, -0.25) is 4.79 Å². The van der Waals surface area contributed by atoms with E-state index in [1.165, 1.54) is 0 Å². The lowest BCUT2D eigenvalue weighted by molar-refractivity contribution is 0.0983. The highest BCUT2D eigenvalue weighted by atomic mass is 32.1. The van der Waals surface area contributed by atoms with Crippen molar-refractivity contribution in [1.29, 1.82) is 0 Å². The van der Waals surface area contributed by atoms with Crippen LogP contribution < -0.4 is 0 Å². The number of rotatable bonds is 4. The number of ketones is 1. The molecule has 20 heavy (non-hydrogen) atoms. The Kier molecular flexibility index (Phi) is 3.43. The molecule has 0 aliphatic heterocycles. The Labute approximate surface area is 120 Å². The van der Waals surface area contributed by atoms with Crippen LogP contribution in [0.1, 0.15) is 21.8 Å². The van der Waals surface area contributed by atoms with Crippen LogP contribution in [0.15, 0.2) is 45.6 Å². The van der Waals surface area contributed by atoms with E-state index in [1.54, 1.807) is 23.5 Å². The molecule has 3 aromatic rings. The number of nitrogens with zero attached hydrogens (tertiary/aromatic N) is 2. The zero-order valence-corrected chi connectivity index (χ0v) is 11.7. The highest BCUT2D eigenvalue weighted by Crippen LogP contribution is 2.24. The fourth-order valence-electron chi connectivity index (χ4n) is 1.89. The third kappa shape index (κ3) is 2.53. The molecule has 0 aliphatic rings. The zero-order valence-electron chi connectivity index (χ0n) is 10.9.